The van der Waals surface area contributed by atoms with Gasteiger partial charge in [-0.25, -0.2) is 19.0 Å². The van der Waals surface area contributed by atoms with E-state index in [0.717, 1.165) is 0 Å². The van der Waals surface area contributed by atoms with Crippen LogP contribution in [0.2, 0.25) is 0 Å². The number of nitrogens with one attached hydrogen (secondary N) is 1. The van der Waals surface area contributed by atoms with Crippen LogP contribution in [0.15, 0.2) is 41.6 Å². The summed E-state index contributed by atoms with van der Waals surface area (Å²) in [6, 6.07) is 7.21. The number of rotatable bonds is 2. The van der Waals surface area contributed by atoms with Gasteiger partial charge >= 0.3 is 5.97 Å². The molecule has 24 heavy (non-hydrogen) atoms. The van der Waals surface area contributed by atoms with E-state index in [1.165, 1.54) is 13.4 Å². The zero-order valence-corrected chi connectivity index (χ0v) is 13.0. The summed E-state index contributed by atoms with van der Waals surface area (Å²) in [6.45, 7) is 1.79. The second-order valence-electron chi connectivity index (χ2n) is 5.33. The fourth-order valence-electron chi connectivity index (χ4n) is 2.87. The van der Waals surface area contributed by atoms with E-state index in [1.54, 1.807) is 34.5 Å². The first-order valence-electron chi connectivity index (χ1n) is 7.23. The first kappa shape index (κ1) is 14.2. The fraction of sp³-hybridized carbons (Fsp3) is 0.125. The normalized spacial score (nSPS) is 11.2. The molecule has 0 saturated carbocycles. The lowest BCUT2D eigenvalue weighted by atomic mass is 10.2. The number of aryl methyl sites for hydroxylation is 1. The van der Waals surface area contributed by atoms with Crippen LogP contribution in [0.5, 0.6) is 0 Å². The average Bonchev–Trinajstić information content (AvgIpc) is 3.13. The van der Waals surface area contributed by atoms with E-state index in [-0.39, 0.29) is 5.56 Å². The zero-order chi connectivity index (χ0) is 16.8. The second kappa shape index (κ2) is 5.05. The molecule has 120 valence electrons. The average molecular weight is 323 g/mol. The minimum atomic E-state index is -0.449. The first-order chi connectivity index (χ1) is 11.6. The minimum absolute atomic E-state index is 0.209. The molecule has 1 N–H and O–H groups in total. The molecular formula is C16H13N5O3. The standard InChI is InChI=1S/C16H13N5O3/c1-9-11(16(23)24-2)7-20-13(9)14(17-8-18-20)21-12-6-4-3-5-10(12)15(22)19-21/h3-8H,1-2H3,(H,19,22). The van der Waals surface area contributed by atoms with Crippen molar-refractivity contribution in [3.05, 3.63) is 58.3 Å². The third kappa shape index (κ3) is 1.86. The van der Waals surface area contributed by atoms with Crippen molar-refractivity contribution in [2.75, 3.05) is 7.11 Å². The van der Waals surface area contributed by atoms with Gasteiger partial charge < -0.3 is 4.74 Å². The van der Waals surface area contributed by atoms with Crippen LogP contribution in [0.1, 0.15) is 15.9 Å². The number of fused-ring (bicyclic) bond motifs is 2. The molecule has 0 radical (unpaired) electrons. The molecule has 3 heterocycles. The van der Waals surface area contributed by atoms with Crippen molar-refractivity contribution in [3.63, 3.8) is 0 Å². The molecule has 0 aliphatic carbocycles. The molecular weight excluding hydrogens is 310 g/mol. The summed E-state index contributed by atoms with van der Waals surface area (Å²) >= 11 is 0. The number of para-hydroxylation sites is 1. The van der Waals surface area contributed by atoms with Gasteiger partial charge in [0.1, 0.15) is 11.8 Å². The van der Waals surface area contributed by atoms with E-state index in [1.807, 2.05) is 12.1 Å². The quantitative estimate of drug-likeness (QED) is 0.564. The van der Waals surface area contributed by atoms with E-state index in [9.17, 15) is 9.59 Å². The molecule has 8 nitrogen and oxygen atoms in total. The molecule has 0 fully saturated rings. The molecule has 0 amide bonds. The predicted molar refractivity (Wildman–Crippen MR) is 86.5 cm³/mol. The van der Waals surface area contributed by atoms with Crippen LogP contribution in [-0.2, 0) is 4.74 Å². The maximum absolute atomic E-state index is 12.2. The smallest absolute Gasteiger partial charge is 0.339 e. The second-order valence-corrected chi connectivity index (χ2v) is 5.33. The first-order valence-corrected chi connectivity index (χ1v) is 7.23. The van der Waals surface area contributed by atoms with Gasteiger partial charge in [0.2, 0.25) is 0 Å². The number of nitrogens with zero attached hydrogens (tertiary/aromatic N) is 4. The number of hydrogen-bond acceptors (Lipinski definition) is 5. The molecule has 3 aromatic heterocycles. The zero-order valence-electron chi connectivity index (χ0n) is 13.0. The van der Waals surface area contributed by atoms with Crippen LogP contribution >= 0.6 is 0 Å². The number of aromatic amines is 1. The van der Waals surface area contributed by atoms with Gasteiger partial charge in [0, 0.05) is 6.20 Å². The monoisotopic (exact) mass is 323 g/mol. The highest BCUT2D eigenvalue weighted by Crippen LogP contribution is 2.24. The number of methoxy groups -OCH3 is 1. The maximum Gasteiger partial charge on any atom is 0.339 e. The number of carbonyl (C=O) groups excluding carboxylic acids is 1. The Balaban J connectivity index is 2.08. The van der Waals surface area contributed by atoms with Gasteiger partial charge in [-0.15, -0.1) is 0 Å². The van der Waals surface area contributed by atoms with Crippen molar-refractivity contribution < 1.29 is 9.53 Å². The van der Waals surface area contributed by atoms with Crippen molar-refractivity contribution in [1.82, 2.24) is 24.4 Å². The third-order valence-corrected chi connectivity index (χ3v) is 4.03. The van der Waals surface area contributed by atoms with Crippen LogP contribution in [0.25, 0.3) is 22.2 Å². The SMILES string of the molecule is COC(=O)c1cn2ncnc(-n3[nH]c(=O)c4ccccc43)c2c1C. The van der Waals surface area contributed by atoms with Crippen molar-refractivity contribution in [3.8, 4) is 5.82 Å². The lowest BCUT2D eigenvalue weighted by Gasteiger charge is -2.06. The van der Waals surface area contributed by atoms with Gasteiger partial charge in [-0.1, -0.05) is 12.1 Å². The van der Waals surface area contributed by atoms with E-state index >= 15 is 0 Å². The molecule has 4 rings (SSSR count). The molecule has 4 aromatic rings. The van der Waals surface area contributed by atoms with Crippen molar-refractivity contribution in [1.29, 1.82) is 0 Å². The maximum atomic E-state index is 12.2. The number of aromatic nitrogens is 5. The Morgan fingerprint density at radius 1 is 1.29 bits per heavy atom. The molecule has 0 aliphatic rings. The molecule has 0 spiro atoms. The highest BCUT2D eigenvalue weighted by Gasteiger charge is 2.20. The van der Waals surface area contributed by atoms with Gasteiger partial charge in [-0.05, 0) is 24.6 Å². The molecule has 1 aromatic carbocycles. The molecule has 0 bridgehead atoms. The van der Waals surface area contributed by atoms with Crippen LogP contribution in [0, 0.1) is 6.92 Å². The summed E-state index contributed by atoms with van der Waals surface area (Å²) in [5.41, 5.74) is 2.19. The Morgan fingerprint density at radius 3 is 2.88 bits per heavy atom. The lowest BCUT2D eigenvalue weighted by Crippen LogP contribution is -2.08. The van der Waals surface area contributed by atoms with Crippen molar-refractivity contribution in [2.24, 2.45) is 0 Å². The molecule has 0 unspecified atom stereocenters. The Morgan fingerprint density at radius 2 is 2.08 bits per heavy atom. The van der Waals surface area contributed by atoms with E-state index < -0.39 is 5.97 Å². The number of esters is 1. The minimum Gasteiger partial charge on any atom is -0.465 e. The summed E-state index contributed by atoms with van der Waals surface area (Å²) in [6.07, 6.45) is 2.96. The van der Waals surface area contributed by atoms with Crippen molar-refractivity contribution in [2.45, 2.75) is 6.92 Å². The van der Waals surface area contributed by atoms with Gasteiger partial charge in [-0.3, -0.25) is 9.89 Å². The molecule has 0 saturated heterocycles. The third-order valence-electron chi connectivity index (χ3n) is 4.03. The van der Waals surface area contributed by atoms with E-state index in [0.29, 0.717) is 33.4 Å². The van der Waals surface area contributed by atoms with Gasteiger partial charge in [-0.2, -0.15) is 5.10 Å². The number of benzene rings is 1. The Labute approximate surface area is 135 Å². The van der Waals surface area contributed by atoms with E-state index in [2.05, 4.69) is 15.2 Å². The Bertz CT molecular complexity index is 1150. The van der Waals surface area contributed by atoms with Crippen LogP contribution < -0.4 is 5.56 Å². The highest BCUT2D eigenvalue weighted by molar-refractivity contribution is 5.94. The van der Waals surface area contributed by atoms with Gasteiger partial charge in [0.05, 0.1) is 23.6 Å². The number of ether oxygens (including phenoxy) is 1. The number of carbonyl (C=O) groups is 1. The van der Waals surface area contributed by atoms with Crippen LogP contribution in [0.4, 0.5) is 0 Å². The summed E-state index contributed by atoms with van der Waals surface area (Å²) in [4.78, 5) is 28.4. The predicted octanol–water partition coefficient (Wildman–Crippen LogP) is 1.46. The Kier molecular flexibility index (Phi) is 2.99. The van der Waals surface area contributed by atoms with E-state index in [4.69, 9.17) is 4.74 Å². The van der Waals surface area contributed by atoms with Crippen molar-refractivity contribution >= 4 is 22.4 Å². The summed E-state index contributed by atoms with van der Waals surface area (Å²) in [7, 11) is 1.33. The molecule has 0 aliphatic heterocycles. The molecule has 0 atom stereocenters. The Hall–Kier alpha value is -3.42. The van der Waals surface area contributed by atoms with Gasteiger partial charge in [0.15, 0.2) is 5.82 Å². The fourth-order valence-corrected chi connectivity index (χ4v) is 2.87. The topological polar surface area (TPSA) is 94.3 Å². The number of hydrogen-bond donors (Lipinski definition) is 1. The van der Waals surface area contributed by atoms with Gasteiger partial charge in [0.25, 0.3) is 5.56 Å². The lowest BCUT2D eigenvalue weighted by molar-refractivity contribution is 0.0600. The largest absolute Gasteiger partial charge is 0.465 e. The number of H-pyrrole nitrogens is 1. The van der Waals surface area contributed by atoms with Crippen LogP contribution in [-0.4, -0.2) is 37.5 Å². The summed E-state index contributed by atoms with van der Waals surface area (Å²) in [5.74, 6) is 0.0331. The summed E-state index contributed by atoms with van der Waals surface area (Å²) in [5, 5.41) is 7.49. The highest BCUT2D eigenvalue weighted by atomic mass is 16.5. The molecule has 8 heteroatoms. The van der Waals surface area contributed by atoms with Crippen LogP contribution in [0.3, 0.4) is 0 Å². The summed E-state index contributed by atoms with van der Waals surface area (Å²) < 4.78 is 7.95.